The molecule has 1 N–H and O–H groups in total. The van der Waals surface area contributed by atoms with Gasteiger partial charge < -0.3 is 19.3 Å². The molecular weight excluding hydrogens is 604 g/mol. The summed E-state index contributed by atoms with van der Waals surface area (Å²) in [5.74, 6) is -2.47. The smallest absolute Gasteiger partial charge is 0.411 e. The van der Waals surface area contributed by atoms with E-state index in [0.717, 1.165) is 36.8 Å². The lowest BCUT2D eigenvalue weighted by Crippen LogP contribution is -2.43. The van der Waals surface area contributed by atoms with E-state index < -0.39 is 53.2 Å². The van der Waals surface area contributed by atoms with Crippen LogP contribution < -0.4 is 0 Å². The number of hydrogen-bond acceptors (Lipinski definition) is 8. The second-order valence-electron chi connectivity index (χ2n) is 15.9. The Labute approximate surface area is 279 Å². The molecule has 11 heteroatoms. The van der Waals surface area contributed by atoms with E-state index >= 15 is 0 Å². The van der Waals surface area contributed by atoms with Crippen LogP contribution in [0.1, 0.15) is 111 Å². The molecule has 2 aliphatic rings. The Morgan fingerprint density at radius 3 is 2.23 bits per heavy atom. The maximum Gasteiger partial charge on any atom is 0.411 e. The van der Waals surface area contributed by atoms with Crippen molar-refractivity contribution in [1.29, 1.82) is 0 Å². The highest BCUT2D eigenvalue weighted by Gasteiger charge is 2.42. The number of nitrogens with zero attached hydrogens (tertiary/aromatic N) is 2. The summed E-state index contributed by atoms with van der Waals surface area (Å²) in [5.41, 5.74) is 1.86. The van der Waals surface area contributed by atoms with Crippen molar-refractivity contribution in [2.45, 2.75) is 132 Å². The number of carbonyl (C=O) groups excluding carboxylic acids is 4. The molecule has 1 aromatic carbocycles. The first-order valence-electron chi connectivity index (χ1n) is 16.6. The van der Waals surface area contributed by atoms with E-state index in [2.05, 4.69) is 6.07 Å². The number of esters is 1. The van der Waals surface area contributed by atoms with Gasteiger partial charge in [0.2, 0.25) is 0 Å². The van der Waals surface area contributed by atoms with Gasteiger partial charge in [-0.2, -0.15) is 0 Å². The fraction of sp³-hybridized carbons (Fsp3) is 0.694. The first kappa shape index (κ1) is 37.8. The SMILES string of the molecule is CC(=O)[C@@H]1C[C@@H](OC(=O)N2Cc3cccc(CCCCC(C)(C)COC(=O)C[C@H](C(=O)O)C(C)(C)C)c3C2)CN1C(=O)OC(C)(C)C. The van der Waals surface area contributed by atoms with Crippen molar-refractivity contribution in [3.05, 3.63) is 34.9 Å². The third-order valence-electron chi connectivity index (χ3n) is 8.85. The number of unbranched alkanes of at least 4 members (excludes halogenated alkanes) is 1. The third kappa shape index (κ3) is 11.0. The summed E-state index contributed by atoms with van der Waals surface area (Å²) in [5, 5.41) is 9.50. The van der Waals surface area contributed by atoms with Crippen LogP contribution in [0.15, 0.2) is 18.2 Å². The molecule has 2 heterocycles. The molecule has 0 aliphatic carbocycles. The Morgan fingerprint density at radius 2 is 1.64 bits per heavy atom. The van der Waals surface area contributed by atoms with Crippen molar-refractivity contribution < 1.29 is 43.3 Å². The number of carboxylic acid groups (broad SMARTS) is 1. The summed E-state index contributed by atoms with van der Waals surface area (Å²) in [6.07, 6.45) is 1.91. The molecule has 1 aromatic rings. The Balaban J connectivity index is 1.48. The lowest BCUT2D eigenvalue weighted by atomic mass is 9.79. The van der Waals surface area contributed by atoms with Crippen molar-refractivity contribution in [2.75, 3.05) is 13.2 Å². The van der Waals surface area contributed by atoms with Gasteiger partial charge in [0.1, 0.15) is 11.7 Å². The van der Waals surface area contributed by atoms with Gasteiger partial charge in [0, 0.05) is 19.5 Å². The second kappa shape index (κ2) is 15.1. The first-order chi connectivity index (χ1) is 21.7. The number of carbonyl (C=O) groups is 5. The van der Waals surface area contributed by atoms with E-state index in [-0.39, 0.29) is 37.2 Å². The number of Topliss-reactive ketones (excluding diaryl/α,β-unsaturated/α-hetero) is 1. The van der Waals surface area contributed by atoms with Gasteiger partial charge >= 0.3 is 24.1 Å². The first-order valence-corrected chi connectivity index (χ1v) is 16.6. The maximum atomic E-state index is 13.2. The van der Waals surface area contributed by atoms with Crippen LogP contribution in [0.3, 0.4) is 0 Å². The van der Waals surface area contributed by atoms with Crippen molar-refractivity contribution >= 4 is 29.9 Å². The topological polar surface area (TPSA) is 140 Å². The van der Waals surface area contributed by atoms with Crippen molar-refractivity contribution in [3.63, 3.8) is 0 Å². The van der Waals surface area contributed by atoms with Crippen molar-refractivity contribution in [1.82, 2.24) is 9.80 Å². The Morgan fingerprint density at radius 1 is 0.957 bits per heavy atom. The van der Waals surface area contributed by atoms with E-state index in [1.165, 1.54) is 17.4 Å². The van der Waals surface area contributed by atoms with E-state index in [4.69, 9.17) is 14.2 Å². The molecule has 0 radical (unpaired) electrons. The Bertz CT molecular complexity index is 1320. The van der Waals surface area contributed by atoms with Crippen molar-refractivity contribution in [2.24, 2.45) is 16.7 Å². The molecule has 11 nitrogen and oxygen atoms in total. The lowest BCUT2D eigenvalue weighted by molar-refractivity contribution is -0.156. The number of ether oxygens (including phenoxy) is 3. The summed E-state index contributed by atoms with van der Waals surface area (Å²) in [4.78, 5) is 65.2. The van der Waals surface area contributed by atoms with Crippen LogP contribution in [0.5, 0.6) is 0 Å². The minimum absolute atomic E-state index is 0.103. The predicted molar refractivity (Wildman–Crippen MR) is 175 cm³/mol. The van der Waals surface area contributed by atoms with Gasteiger partial charge in [-0.3, -0.25) is 24.2 Å². The molecule has 1 saturated heterocycles. The predicted octanol–water partition coefficient (Wildman–Crippen LogP) is 6.53. The average molecular weight is 659 g/mol. The summed E-state index contributed by atoms with van der Waals surface area (Å²) in [6.45, 7) is 17.4. The van der Waals surface area contributed by atoms with Crippen LogP contribution in [0, 0.1) is 16.7 Å². The van der Waals surface area contributed by atoms with E-state index in [1.54, 1.807) is 46.4 Å². The number of hydrogen-bond donors (Lipinski definition) is 1. The van der Waals surface area contributed by atoms with Crippen LogP contribution in [0.2, 0.25) is 0 Å². The molecular formula is C36H54N2O9. The number of aliphatic carboxylic acids is 1. The summed E-state index contributed by atoms with van der Waals surface area (Å²) < 4.78 is 16.8. The highest BCUT2D eigenvalue weighted by molar-refractivity contribution is 5.86. The molecule has 0 saturated carbocycles. The normalized spacial score (nSPS) is 18.8. The van der Waals surface area contributed by atoms with Gasteiger partial charge in [-0.1, -0.05) is 59.2 Å². The Hall–Kier alpha value is -3.63. The third-order valence-corrected chi connectivity index (χ3v) is 8.85. The van der Waals surface area contributed by atoms with Crippen molar-refractivity contribution in [3.8, 4) is 0 Å². The molecule has 0 aromatic heterocycles. The lowest BCUT2D eigenvalue weighted by Gasteiger charge is -2.28. The molecule has 1 fully saturated rings. The van der Waals surface area contributed by atoms with Crippen LogP contribution in [-0.4, -0.2) is 75.7 Å². The summed E-state index contributed by atoms with van der Waals surface area (Å²) in [6, 6.07) is 5.41. The largest absolute Gasteiger partial charge is 0.481 e. The van der Waals surface area contributed by atoms with E-state index in [9.17, 15) is 29.1 Å². The molecule has 0 unspecified atom stereocenters. The van der Waals surface area contributed by atoms with Crippen LogP contribution in [-0.2, 0) is 48.1 Å². The van der Waals surface area contributed by atoms with Gasteiger partial charge in [-0.05, 0) is 74.5 Å². The number of aryl methyl sites for hydroxylation is 1. The number of rotatable bonds is 12. The number of fused-ring (bicyclic) bond motifs is 1. The molecule has 0 spiro atoms. The molecule has 0 bridgehead atoms. The average Bonchev–Trinajstić information content (AvgIpc) is 3.57. The zero-order valence-corrected chi connectivity index (χ0v) is 29.6. The number of carboxylic acids is 1. The number of likely N-dealkylation sites (tertiary alicyclic amines) is 1. The quantitative estimate of drug-likeness (QED) is 0.151. The Kier molecular flexibility index (Phi) is 12.1. The van der Waals surface area contributed by atoms with E-state index in [1.807, 2.05) is 26.0 Å². The minimum Gasteiger partial charge on any atom is -0.481 e. The second-order valence-corrected chi connectivity index (χ2v) is 15.9. The fourth-order valence-corrected chi connectivity index (χ4v) is 6.12. The highest BCUT2D eigenvalue weighted by Crippen LogP contribution is 2.32. The molecule has 2 aliphatic heterocycles. The van der Waals surface area contributed by atoms with Crippen LogP contribution in [0.4, 0.5) is 9.59 Å². The van der Waals surface area contributed by atoms with E-state index in [0.29, 0.717) is 13.1 Å². The van der Waals surface area contributed by atoms with Crippen LogP contribution >= 0.6 is 0 Å². The molecule has 47 heavy (non-hydrogen) atoms. The van der Waals surface area contributed by atoms with Gasteiger partial charge in [0.05, 0.1) is 31.5 Å². The van der Waals surface area contributed by atoms with Gasteiger partial charge in [-0.25, -0.2) is 9.59 Å². The molecule has 3 atom stereocenters. The van der Waals surface area contributed by atoms with Gasteiger partial charge in [0.25, 0.3) is 0 Å². The maximum absolute atomic E-state index is 13.2. The zero-order chi connectivity index (χ0) is 35.3. The molecule has 262 valence electrons. The molecule has 2 amide bonds. The van der Waals surface area contributed by atoms with Gasteiger partial charge in [0.15, 0.2) is 5.78 Å². The highest BCUT2D eigenvalue weighted by atomic mass is 16.6. The monoisotopic (exact) mass is 658 g/mol. The van der Waals surface area contributed by atoms with Gasteiger partial charge in [-0.15, -0.1) is 0 Å². The van der Waals surface area contributed by atoms with Crippen LogP contribution in [0.25, 0.3) is 0 Å². The standard InChI is InChI=1S/C36H54N2O9/c1-23(39)29-17-26(20-38(29)33(44)47-35(5,6)7)46-32(43)37-19-25-15-12-14-24(27(25)21-37)13-10-11-16-36(8,9)22-45-30(40)18-28(31(41)42)34(2,3)4/h12,14-15,26,28-29H,10-11,13,16-22H2,1-9H3,(H,41,42)/t26-,28-,29+/m1/s1. The fourth-order valence-electron chi connectivity index (χ4n) is 6.12. The number of benzene rings is 1. The summed E-state index contributed by atoms with van der Waals surface area (Å²) in [7, 11) is 0. The summed E-state index contributed by atoms with van der Waals surface area (Å²) >= 11 is 0. The molecule has 3 rings (SSSR count). The zero-order valence-electron chi connectivity index (χ0n) is 29.6. The number of amides is 2. The minimum atomic E-state index is -0.996. The number of ketones is 1.